The summed E-state index contributed by atoms with van der Waals surface area (Å²) in [6, 6.07) is 8.26. The molecular weight excluding hydrogens is 222 g/mol. The zero-order chi connectivity index (χ0) is 12.4. The number of aldehydes is 1. The summed E-state index contributed by atoms with van der Waals surface area (Å²) < 4.78 is 0. The largest absolute Gasteiger partial charge is 0.300 e. The first-order chi connectivity index (χ1) is 8.86. The molecule has 0 spiro atoms. The lowest BCUT2D eigenvalue weighted by molar-refractivity contribution is 0.112. The summed E-state index contributed by atoms with van der Waals surface area (Å²) in [6.07, 6.45) is 6.49. The van der Waals surface area contributed by atoms with E-state index in [0.29, 0.717) is 5.92 Å². The smallest absolute Gasteiger partial charge is 0.150 e. The van der Waals surface area contributed by atoms with Gasteiger partial charge in [0.1, 0.15) is 6.29 Å². The molecule has 1 atom stereocenters. The van der Waals surface area contributed by atoms with E-state index in [-0.39, 0.29) is 0 Å². The van der Waals surface area contributed by atoms with Crippen molar-refractivity contribution in [2.45, 2.75) is 31.6 Å². The minimum Gasteiger partial charge on any atom is -0.300 e. The van der Waals surface area contributed by atoms with Gasteiger partial charge in [-0.25, -0.2) is 0 Å². The molecule has 2 fully saturated rings. The molecule has 2 aliphatic rings. The molecule has 1 heterocycles. The zero-order valence-corrected chi connectivity index (χ0v) is 10.8. The molecule has 18 heavy (non-hydrogen) atoms. The third kappa shape index (κ3) is 2.64. The Morgan fingerprint density at radius 3 is 2.39 bits per heavy atom. The topological polar surface area (TPSA) is 20.1 Å². The normalized spacial score (nSPS) is 22.0. The molecule has 96 valence electrons. The van der Waals surface area contributed by atoms with Crippen LogP contribution in [0.5, 0.6) is 0 Å². The molecule has 2 heteroatoms. The number of nitrogens with zero attached hydrogens (tertiary/aromatic N) is 1. The number of rotatable bonds is 5. The predicted octanol–water partition coefficient (Wildman–Crippen LogP) is 3.09. The molecule has 1 saturated carbocycles. The fourth-order valence-electron chi connectivity index (χ4n) is 3.24. The van der Waals surface area contributed by atoms with Crippen molar-refractivity contribution in [1.82, 2.24) is 4.90 Å². The van der Waals surface area contributed by atoms with Crippen LogP contribution in [0.2, 0.25) is 0 Å². The Labute approximate surface area is 109 Å². The van der Waals surface area contributed by atoms with Crippen molar-refractivity contribution in [2.24, 2.45) is 5.92 Å². The van der Waals surface area contributed by atoms with E-state index in [1.165, 1.54) is 50.9 Å². The highest BCUT2D eigenvalue weighted by molar-refractivity contribution is 5.74. The molecular formula is C16H21NO. The van der Waals surface area contributed by atoms with Gasteiger partial charge < -0.3 is 4.90 Å². The summed E-state index contributed by atoms with van der Waals surface area (Å²) in [4.78, 5) is 13.2. The predicted molar refractivity (Wildman–Crippen MR) is 73.0 cm³/mol. The van der Waals surface area contributed by atoms with Crippen LogP contribution >= 0.6 is 0 Å². The first-order valence-corrected chi connectivity index (χ1v) is 7.14. The van der Waals surface area contributed by atoms with Gasteiger partial charge in [0.2, 0.25) is 0 Å². The number of carbonyl (C=O) groups is 1. The van der Waals surface area contributed by atoms with Crippen molar-refractivity contribution in [3.63, 3.8) is 0 Å². The van der Waals surface area contributed by atoms with Crippen LogP contribution in [0.15, 0.2) is 24.3 Å². The van der Waals surface area contributed by atoms with Crippen LogP contribution < -0.4 is 0 Å². The molecule has 1 saturated heterocycles. The summed E-state index contributed by atoms with van der Waals surface area (Å²) in [7, 11) is 0. The van der Waals surface area contributed by atoms with Crippen LogP contribution in [0.1, 0.15) is 47.5 Å². The maximum atomic E-state index is 10.7. The van der Waals surface area contributed by atoms with Gasteiger partial charge in [-0.3, -0.25) is 4.79 Å². The average molecular weight is 243 g/mol. The number of benzene rings is 1. The van der Waals surface area contributed by atoms with Crippen LogP contribution in [-0.2, 0) is 0 Å². The zero-order valence-electron chi connectivity index (χ0n) is 10.8. The van der Waals surface area contributed by atoms with E-state index in [1.807, 2.05) is 12.1 Å². The fraction of sp³-hybridized carbons (Fsp3) is 0.562. The van der Waals surface area contributed by atoms with Gasteiger partial charge in [-0.2, -0.15) is 0 Å². The Hall–Kier alpha value is -1.15. The fourth-order valence-corrected chi connectivity index (χ4v) is 3.24. The lowest BCUT2D eigenvalue weighted by Crippen LogP contribution is -2.19. The Morgan fingerprint density at radius 2 is 1.83 bits per heavy atom. The maximum absolute atomic E-state index is 10.7. The molecule has 2 nitrogen and oxygen atoms in total. The SMILES string of the molecule is O=Cc1ccc([C@H](CN2CC2)C2CCCC2)cc1. The molecule has 0 aromatic heterocycles. The van der Waals surface area contributed by atoms with Gasteiger partial charge in [0.05, 0.1) is 0 Å². The monoisotopic (exact) mass is 243 g/mol. The van der Waals surface area contributed by atoms with Crippen LogP contribution in [0.4, 0.5) is 0 Å². The van der Waals surface area contributed by atoms with E-state index in [1.54, 1.807) is 0 Å². The molecule has 1 aliphatic heterocycles. The third-order valence-electron chi connectivity index (χ3n) is 4.46. The molecule has 1 aromatic rings. The Balaban J connectivity index is 1.78. The minimum atomic E-state index is 0.677. The van der Waals surface area contributed by atoms with Crippen molar-refractivity contribution in [1.29, 1.82) is 0 Å². The highest BCUT2D eigenvalue weighted by Crippen LogP contribution is 2.38. The second kappa shape index (κ2) is 5.23. The van der Waals surface area contributed by atoms with E-state index in [2.05, 4.69) is 17.0 Å². The first kappa shape index (κ1) is 11.9. The molecule has 1 aliphatic carbocycles. The Kier molecular flexibility index (Phi) is 3.46. The Bertz CT molecular complexity index is 402. The highest BCUT2D eigenvalue weighted by Gasteiger charge is 2.30. The molecule has 0 unspecified atom stereocenters. The van der Waals surface area contributed by atoms with E-state index >= 15 is 0 Å². The van der Waals surface area contributed by atoms with Gasteiger partial charge in [0.15, 0.2) is 0 Å². The van der Waals surface area contributed by atoms with Crippen molar-refractivity contribution < 1.29 is 4.79 Å². The van der Waals surface area contributed by atoms with Gasteiger partial charge >= 0.3 is 0 Å². The van der Waals surface area contributed by atoms with Crippen molar-refractivity contribution in [3.8, 4) is 0 Å². The van der Waals surface area contributed by atoms with Gasteiger partial charge in [0, 0.05) is 25.2 Å². The summed E-state index contributed by atoms with van der Waals surface area (Å²) in [5.41, 5.74) is 2.22. The van der Waals surface area contributed by atoms with Crippen LogP contribution in [-0.4, -0.2) is 30.8 Å². The summed E-state index contributed by atoms with van der Waals surface area (Å²) in [6.45, 7) is 3.76. The van der Waals surface area contributed by atoms with E-state index in [9.17, 15) is 4.79 Å². The minimum absolute atomic E-state index is 0.677. The first-order valence-electron chi connectivity index (χ1n) is 7.14. The molecule has 1 aromatic carbocycles. The maximum Gasteiger partial charge on any atom is 0.150 e. The standard InChI is InChI=1S/C16H21NO/c18-12-13-5-7-15(8-6-13)16(11-17-9-10-17)14-3-1-2-4-14/h5-8,12,14,16H,1-4,9-11H2/t16-/m1/s1. The quantitative estimate of drug-likeness (QED) is 0.585. The average Bonchev–Trinajstić information content (AvgIpc) is 3.08. The van der Waals surface area contributed by atoms with Gasteiger partial charge in [-0.05, 0) is 30.2 Å². The van der Waals surface area contributed by atoms with Crippen molar-refractivity contribution in [2.75, 3.05) is 19.6 Å². The summed E-state index contributed by atoms with van der Waals surface area (Å²) >= 11 is 0. The molecule has 0 bridgehead atoms. The molecule has 0 N–H and O–H groups in total. The number of hydrogen-bond acceptors (Lipinski definition) is 2. The lowest BCUT2D eigenvalue weighted by atomic mass is 9.84. The molecule has 0 radical (unpaired) electrons. The number of carbonyl (C=O) groups excluding carboxylic acids is 1. The third-order valence-corrected chi connectivity index (χ3v) is 4.46. The second-order valence-corrected chi connectivity index (χ2v) is 5.74. The Morgan fingerprint density at radius 1 is 1.17 bits per heavy atom. The van der Waals surface area contributed by atoms with E-state index in [4.69, 9.17) is 0 Å². The van der Waals surface area contributed by atoms with Crippen LogP contribution in [0.25, 0.3) is 0 Å². The van der Waals surface area contributed by atoms with Crippen molar-refractivity contribution >= 4 is 6.29 Å². The van der Waals surface area contributed by atoms with Crippen LogP contribution in [0.3, 0.4) is 0 Å². The summed E-state index contributed by atoms with van der Waals surface area (Å²) in [5, 5.41) is 0. The van der Waals surface area contributed by atoms with E-state index in [0.717, 1.165) is 17.8 Å². The van der Waals surface area contributed by atoms with Crippen molar-refractivity contribution in [3.05, 3.63) is 35.4 Å². The van der Waals surface area contributed by atoms with Gasteiger partial charge in [-0.1, -0.05) is 37.1 Å². The van der Waals surface area contributed by atoms with Gasteiger partial charge in [-0.15, -0.1) is 0 Å². The molecule has 3 rings (SSSR count). The highest BCUT2D eigenvalue weighted by atomic mass is 16.1. The lowest BCUT2D eigenvalue weighted by Gasteiger charge is -2.24. The summed E-state index contributed by atoms with van der Waals surface area (Å²) in [5.74, 6) is 1.53. The molecule has 0 amide bonds. The number of hydrogen-bond donors (Lipinski definition) is 0. The van der Waals surface area contributed by atoms with Gasteiger partial charge in [0.25, 0.3) is 0 Å². The second-order valence-electron chi connectivity index (χ2n) is 5.74. The van der Waals surface area contributed by atoms with Crippen LogP contribution in [0, 0.1) is 5.92 Å². The van der Waals surface area contributed by atoms with E-state index < -0.39 is 0 Å².